The average Bonchev–Trinajstić information content (AvgIpc) is 3.04. The third-order valence-electron chi connectivity index (χ3n) is 5.47. The zero-order chi connectivity index (χ0) is 17.6. The molecule has 1 atom stereocenters. The lowest BCUT2D eigenvalue weighted by Crippen LogP contribution is -2.29. The molecular weight excluding hydrogens is 330 g/mol. The van der Waals surface area contributed by atoms with Crippen molar-refractivity contribution in [1.29, 1.82) is 0 Å². The van der Waals surface area contributed by atoms with E-state index in [2.05, 4.69) is 31.2 Å². The van der Waals surface area contributed by atoms with Crippen molar-refractivity contribution in [3.05, 3.63) is 70.8 Å². The molecule has 0 bridgehead atoms. The van der Waals surface area contributed by atoms with Gasteiger partial charge < -0.3 is 0 Å². The first kappa shape index (κ1) is 16.6. The van der Waals surface area contributed by atoms with Crippen LogP contribution in [0.3, 0.4) is 0 Å². The van der Waals surface area contributed by atoms with Crippen molar-refractivity contribution in [2.75, 3.05) is 13.1 Å². The van der Waals surface area contributed by atoms with Crippen molar-refractivity contribution in [3.8, 4) is 0 Å². The summed E-state index contributed by atoms with van der Waals surface area (Å²) < 4.78 is 27.8. The largest absolute Gasteiger partial charge is 0.243 e. The van der Waals surface area contributed by atoms with E-state index in [0.29, 0.717) is 23.9 Å². The van der Waals surface area contributed by atoms with Gasteiger partial charge in [0.2, 0.25) is 10.0 Å². The Balaban J connectivity index is 1.71. The van der Waals surface area contributed by atoms with Crippen LogP contribution in [0.5, 0.6) is 0 Å². The van der Waals surface area contributed by atoms with Crippen LogP contribution >= 0.6 is 0 Å². The zero-order valence-electron chi connectivity index (χ0n) is 14.7. The molecule has 0 amide bonds. The minimum absolute atomic E-state index is 0.310. The Morgan fingerprint density at radius 3 is 2.52 bits per heavy atom. The Labute approximate surface area is 150 Å². The first-order valence-electron chi connectivity index (χ1n) is 8.87. The molecule has 1 heterocycles. The molecular formula is C21H23NO2S. The molecule has 1 aliphatic heterocycles. The monoisotopic (exact) mass is 353 g/mol. The van der Waals surface area contributed by atoms with Crippen molar-refractivity contribution < 1.29 is 8.42 Å². The van der Waals surface area contributed by atoms with Gasteiger partial charge in [-0.15, -0.1) is 0 Å². The summed E-state index contributed by atoms with van der Waals surface area (Å²) in [5, 5.41) is 0. The standard InChI is InChI=1S/C21H23NO2S/c1-3-19-20-7-5-4-6-16(20)12-17-13-22(14-21(17)19)25(23,24)18-10-8-15(2)9-11-18/h4-11,17H,3,12-14H2,1-2H3/t17-/m0/s1. The summed E-state index contributed by atoms with van der Waals surface area (Å²) in [7, 11) is -3.43. The van der Waals surface area contributed by atoms with Crippen LogP contribution in [0.2, 0.25) is 0 Å². The molecule has 0 saturated carbocycles. The van der Waals surface area contributed by atoms with Crippen molar-refractivity contribution >= 4 is 15.6 Å². The predicted molar refractivity (Wildman–Crippen MR) is 101 cm³/mol. The Morgan fingerprint density at radius 1 is 1.08 bits per heavy atom. The highest BCUT2D eigenvalue weighted by Crippen LogP contribution is 2.41. The van der Waals surface area contributed by atoms with Gasteiger partial charge in [0.1, 0.15) is 0 Å². The maximum atomic E-state index is 13.1. The second-order valence-corrected chi connectivity index (χ2v) is 8.96. The molecule has 0 spiro atoms. The second kappa shape index (κ2) is 6.11. The van der Waals surface area contributed by atoms with Crippen molar-refractivity contribution in [1.82, 2.24) is 4.31 Å². The van der Waals surface area contributed by atoms with E-state index in [4.69, 9.17) is 0 Å². The van der Waals surface area contributed by atoms with Gasteiger partial charge in [-0.25, -0.2) is 8.42 Å². The fraction of sp³-hybridized carbons (Fsp3) is 0.333. The maximum absolute atomic E-state index is 13.1. The lowest BCUT2D eigenvalue weighted by Gasteiger charge is -2.25. The topological polar surface area (TPSA) is 37.4 Å². The summed E-state index contributed by atoms with van der Waals surface area (Å²) in [4.78, 5) is 0.396. The molecule has 130 valence electrons. The predicted octanol–water partition coefficient (Wildman–Crippen LogP) is 4.04. The highest BCUT2D eigenvalue weighted by molar-refractivity contribution is 7.89. The third-order valence-corrected chi connectivity index (χ3v) is 7.30. The Kier molecular flexibility index (Phi) is 4.05. The van der Waals surface area contributed by atoms with E-state index in [-0.39, 0.29) is 0 Å². The van der Waals surface area contributed by atoms with E-state index in [0.717, 1.165) is 18.4 Å². The van der Waals surface area contributed by atoms with E-state index < -0.39 is 10.0 Å². The van der Waals surface area contributed by atoms with Crippen molar-refractivity contribution in [2.24, 2.45) is 5.92 Å². The normalized spacial score (nSPS) is 20.5. The third kappa shape index (κ3) is 2.74. The number of nitrogens with zero attached hydrogens (tertiary/aromatic N) is 1. The summed E-state index contributed by atoms with van der Waals surface area (Å²) in [5.74, 6) is 0.310. The lowest BCUT2D eigenvalue weighted by atomic mass is 9.79. The smallest absolute Gasteiger partial charge is 0.207 e. The van der Waals surface area contributed by atoms with Gasteiger partial charge in [0.15, 0.2) is 0 Å². The van der Waals surface area contributed by atoms with Gasteiger partial charge in [0.05, 0.1) is 4.90 Å². The molecule has 0 aromatic heterocycles. The van der Waals surface area contributed by atoms with Crippen LogP contribution in [0, 0.1) is 12.8 Å². The number of benzene rings is 2. The van der Waals surface area contributed by atoms with Crippen LogP contribution in [0.1, 0.15) is 30.0 Å². The number of hydrogen-bond donors (Lipinski definition) is 0. The number of hydrogen-bond acceptors (Lipinski definition) is 2. The summed E-state index contributed by atoms with van der Waals surface area (Å²) >= 11 is 0. The minimum atomic E-state index is -3.43. The maximum Gasteiger partial charge on any atom is 0.243 e. The van der Waals surface area contributed by atoms with Crippen LogP contribution in [-0.4, -0.2) is 25.8 Å². The van der Waals surface area contributed by atoms with E-state index in [1.165, 1.54) is 22.3 Å². The Morgan fingerprint density at radius 2 is 1.80 bits per heavy atom. The van der Waals surface area contributed by atoms with E-state index in [1.54, 1.807) is 16.4 Å². The van der Waals surface area contributed by atoms with E-state index in [9.17, 15) is 8.42 Å². The van der Waals surface area contributed by atoms with Crippen LogP contribution < -0.4 is 0 Å². The first-order valence-corrected chi connectivity index (χ1v) is 10.3. The number of sulfonamides is 1. The summed E-state index contributed by atoms with van der Waals surface area (Å²) in [5.41, 5.74) is 6.39. The number of rotatable bonds is 3. The zero-order valence-corrected chi connectivity index (χ0v) is 15.5. The molecule has 25 heavy (non-hydrogen) atoms. The van der Waals surface area contributed by atoms with Gasteiger partial charge in [0, 0.05) is 13.1 Å². The van der Waals surface area contributed by atoms with Crippen molar-refractivity contribution in [3.63, 3.8) is 0 Å². The quantitative estimate of drug-likeness (QED) is 0.835. The molecule has 1 saturated heterocycles. The first-order chi connectivity index (χ1) is 12.0. The van der Waals surface area contributed by atoms with Crippen LogP contribution in [0.15, 0.2) is 59.0 Å². The van der Waals surface area contributed by atoms with Gasteiger partial charge >= 0.3 is 0 Å². The summed E-state index contributed by atoms with van der Waals surface area (Å²) in [6.45, 7) is 5.25. The summed E-state index contributed by atoms with van der Waals surface area (Å²) in [6, 6.07) is 15.7. The fourth-order valence-electron chi connectivity index (χ4n) is 4.16. The molecule has 0 unspecified atom stereocenters. The molecule has 1 fully saturated rings. The van der Waals surface area contributed by atoms with Gasteiger partial charge in [-0.3, -0.25) is 0 Å². The number of aryl methyl sites for hydroxylation is 1. The Hall–Kier alpha value is -1.91. The molecule has 2 aliphatic rings. The highest BCUT2D eigenvalue weighted by Gasteiger charge is 2.39. The Bertz CT molecular complexity index is 942. The molecule has 4 rings (SSSR count). The van der Waals surface area contributed by atoms with Gasteiger partial charge in [-0.2, -0.15) is 4.31 Å². The number of allylic oxidation sites excluding steroid dienone is 1. The van der Waals surface area contributed by atoms with Crippen LogP contribution in [0.25, 0.3) is 5.57 Å². The van der Waals surface area contributed by atoms with E-state index in [1.807, 2.05) is 19.1 Å². The van der Waals surface area contributed by atoms with Crippen LogP contribution in [-0.2, 0) is 16.4 Å². The second-order valence-electron chi connectivity index (χ2n) is 7.03. The van der Waals surface area contributed by atoms with Gasteiger partial charge in [-0.1, -0.05) is 48.9 Å². The molecule has 3 nitrogen and oxygen atoms in total. The molecule has 0 N–H and O–H groups in total. The SMILES string of the molecule is CCC1=C2CN(S(=O)(=O)c3ccc(C)cc3)C[C@@H]2Cc2ccccc21. The van der Waals surface area contributed by atoms with Gasteiger partial charge in [0.25, 0.3) is 0 Å². The highest BCUT2D eigenvalue weighted by atomic mass is 32.2. The number of fused-ring (bicyclic) bond motifs is 2. The minimum Gasteiger partial charge on any atom is -0.207 e. The molecule has 2 aromatic rings. The average molecular weight is 353 g/mol. The molecule has 1 aliphatic carbocycles. The van der Waals surface area contributed by atoms with Crippen molar-refractivity contribution in [2.45, 2.75) is 31.6 Å². The summed E-state index contributed by atoms with van der Waals surface area (Å²) in [6.07, 6.45) is 1.89. The van der Waals surface area contributed by atoms with E-state index >= 15 is 0 Å². The molecule has 2 aromatic carbocycles. The molecule has 4 heteroatoms. The van der Waals surface area contributed by atoms with Gasteiger partial charge in [-0.05, 0) is 60.1 Å². The molecule has 0 radical (unpaired) electrons. The van der Waals surface area contributed by atoms with Crippen LogP contribution in [0.4, 0.5) is 0 Å². The lowest BCUT2D eigenvalue weighted by molar-refractivity contribution is 0.456. The fourth-order valence-corrected chi connectivity index (χ4v) is 5.62.